The van der Waals surface area contributed by atoms with Gasteiger partial charge in [-0.3, -0.25) is 0 Å². The molecule has 0 aliphatic carbocycles. The molecule has 2 aromatic carbocycles. The average molecular weight is 238 g/mol. The second-order valence-electron chi connectivity index (χ2n) is 3.85. The average Bonchev–Trinajstić information content (AvgIpc) is 2.43. The molecular weight excluding hydrogens is 224 g/mol. The van der Waals surface area contributed by atoms with Gasteiger partial charge in [0.05, 0.1) is 0 Å². The Kier molecular flexibility index (Phi) is 3.76. The third kappa shape index (κ3) is 2.98. The molecule has 0 saturated heterocycles. The van der Waals surface area contributed by atoms with E-state index >= 15 is 0 Å². The Labute approximate surface area is 106 Å². The van der Waals surface area contributed by atoms with Gasteiger partial charge in [-0.25, -0.2) is 0 Å². The van der Waals surface area contributed by atoms with Crippen LogP contribution in [0.1, 0.15) is 11.1 Å². The Morgan fingerprint density at radius 3 is 2.28 bits per heavy atom. The largest absolute Gasteiger partial charge is 0.410 e. The van der Waals surface area contributed by atoms with E-state index in [2.05, 4.69) is 5.16 Å². The summed E-state index contributed by atoms with van der Waals surface area (Å²) in [5.41, 5.74) is 8.73. The van der Waals surface area contributed by atoms with E-state index < -0.39 is 0 Å². The Bertz CT molecular complexity index is 557. The molecular formula is C15H14N2O. The Hall–Kier alpha value is -2.55. The van der Waals surface area contributed by atoms with E-state index in [1.807, 2.05) is 60.7 Å². The zero-order chi connectivity index (χ0) is 12.8. The first-order valence-electron chi connectivity index (χ1n) is 5.61. The van der Waals surface area contributed by atoms with Crippen LogP contribution in [0.2, 0.25) is 0 Å². The van der Waals surface area contributed by atoms with Crippen molar-refractivity contribution in [3.05, 3.63) is 71.8 Å². The minimum absolute atomic E-state index is 0.521. The first-order chi connectivity index (χ1) is 8.79. The molecule has 0 spiro atoms. The maximum atomic E-state index is 9.02. The first kappa shape index (κ1) is 11.9. The lowest BCUT2D eigenvalue weighted by molar-refractivity contribution is 0.320. The van der Waals surface area contributed by atoms with Gasteiger partial charge in [0, 0.05) is 11.3 Å². The lowest BCUT2D eigenvalue weighted by atomic mass is 10.1. The first-order valence-corrected chi connectivity index (χ1v) is 5.61. The third-order valence-corrected chi connectivity index (χ3v) is 2.55. The van der Waals surface area contributed by atoms with Crippen molar-refractivity contribution in [1.29, 1.82) is 0 Å². The summed E-state index contributed by atoms with van der Waals surface area (Å²) in [6.07, 6.45) is 3.64. The molecule has 3 heteroatoms. The molecule has 0 atom stereocenters. The maximum absolute atomic E-state index is 9.02. The Morgan fingerprint density at radius 2 is 1.67 bits per heavy atom. The molecule has 0 radical (unpaired) electrons. The van der Waals surface area contributed by atoms with Crippen molar-refractivity contribution in [2.24, 2.45) is 5.16 Å². The van der Waals surface area contributed by atoms with Crippen LogP contribution in [-0.2, 0) is 0 Å². The fourth-order valence-electron chi connectivity index (χ4n) is 1.58. The van der Waals surface area contributed by atoms with Crippen LogP contribution in [0.3, 0.4) is 0 Å². The van der Waals surface area contributed by atoms with Crippen molar-refractivity contribution in [2.45, 2.75) is 0 Å². The topological polar surface area (TPSA) is 58.6 Å². The Morgan fingerprint density at radius 1 is 1.00 bits per heavy atom. The predicted molar refractivity (Wildman–Crippen MR) is 74.7 cm³/mol. The summed E-state index contributed by atoms with van der Waals surface area (Å²) in [4.78, 5) is 0. The lowest BCUT2D eigenvalue weighted by Crippen LogP contribution is -1.95. The number of nitrogen functional groups attached to an aromatic ring is 1. The van der Waals surface area contributed by atoms with Crippen molar-refractivity contribution >= 4 is 17.5 Å². The minimum Gasteiger partial charge on any atom is -0.410 e. The normalized spacial score (nSPS) is 11.9. The molecule has 0 aliphatic heterocycles. The van der Waals surface area contributed by atoms with Gasteiger partial charge in [0.15, 0.2) is 0 Å². The highest BCUT2D eigenvalue weighted by Crippen LogP contribution is 2.09. The summed E-state index contributed by atoms with van der Waals surface area (Å²) < 4.78 is 0. The van der Waals surface area contributed by atoms with Crippen LogP contribution in [0.4, 0.5) is 5.69 Å². The van der Waals surface area contributed by atoms with Crippen LogP contribution in [0.25, 0.3) is 6.08 Å². The van der Waals surface area contributed by atoms with Gasteiger partial charge in [0.25, 0.3) is 0 Å². The second kappa shape index (κ2) is 5.68. The Balaban J connectivity index is 2.19. The highest BCUT2D eigenvalue weighted by Gasteiger charge is 1.98. The lowest BCUT2D eigenvalue weighted by Gasteiger charge is -1.99. The number of anilines is 1. The molecule has 0 aliphatic rings. The number of hydrogen-bond donors (Lipinski definition) is 2. The standard InChI is InChI=1S/C15H14N2O/c16-14-9-6-12(7-10-14)8-11-15(17-18)13-4-2-1-3-5-13/h1-11,18H,16H2/b11-8?,17-15-. The molecule has 2 aromatic rings. The molecule has 0 unspecified atom stereocenters. The van der Waals surface area contributed by atoms with Gasteiger partial charge < -0.3 is 10.9 Å². The molecule has 90 valence electrons. The van der Waals surface area contributed by atoms with Crippen LogP contribution in [0, 0.1) is 0 Å². The molecule has 0 aromatic heterocycles. The SMILES string of the molecule is Nc1ccc(C=C/C(=N/O)c2ccccc2)cc1. The van der Waals surface area contributed by atoms with Gasteiger partial charge >= 0.3 is 0 Å². The van der Waals surface area contributed by atoms with Crippen molar-refractivity contribution in [1.82, 2.24) is 0 Å². The van der Waals surface area contributed by atoms with E-state index in [0.29, 0.717) is 5.71 Å². The fraction of sp³-hybridized carbons (Fsp3) is 0. The van der Waals surface area contributed by atoms with E-state index in [-0.39, 0.29) is 0 Å². The number of rotatable bonds is 3. The molecule has 0 fully saturated rings. The van der Waals surface area contributed by atoms with Crippen LogP contribution < -0.4 is 5.73 Å². The van der Waals surface area contributed by atoms with Gasteiger partial charge in [-0.05, 0) is 23.8 Å². The third-order valence-electron chi connectivity index (χ3n) is 2.55. The quantitative estimate of drug-likeness (QED) is 0.373. The molecule has 3 N–H and O–H groups in total. The number of allylic oxidation sites excluding steroid dienone is 1. The summed E-state index contributed by atoms with van der Waals surface area (Å²) >= 11 is 0. The van der Waals surface area contributed by atoms with Gasteiger partial charge in [0.2, 0.25) is 0 Å². The van der Waals surface area contributed by atoms with Gasteiger partial charge in [0.1, 0.15) is 5.71 Å². The molecule has 3 nitrogen and oxygen atoms in total. The molecule has 0 heterocycles. The highest BCUT2D eigenvalue weighted by molar-refractivity contribution is 6.10. The second-order valence-corrected chi connectivity index (χ2v) is 3.85. The summed E-state index contributed by atoms with van der Waals surface area (Å²) in [5, 5.41) is 12.3. The van der Waals surface area contributed by atoms with E-state index in [0.717, 1.165) is 16.8 Å². The molecule has 18 heavy (non-hydrogen) atoms. The van der Waals surface area contributed by atoms with Crippen LogP contribution in [0.5, 0.6) is 0 Å². The van der Waals surface area contributed by atoms with E-state index in [9.17, 15) is 0 Å². The highest BCUT2D eigenvalue weighted by atomic mass is 16.4. The predicted octanol–water partition coefficient (Wildman–Crippen LogP) is 3.16. The molecule has 2 rings (SSSR count). The van der Waals surface area contributed by atoms with Gasteiger partial charge in [-0.15, -0.1) is 0 Å². The van der Waals surface area contributed by atoms with Gasteiger partial charge in [-0.1, -0.05) is 53.7 Å². The van der Waals surface area contributed by atoms with Crippen molar-refractivity contribution in [2.75, 3.05) is 5.73 Å². The summed E-state index contributed by atoms with van der Waals surface area (Å²) in [7, 11) is 0. The monoisotopic (exact) mass is 238 g/mol. The molecule has 0 bridgehead atoms. The zero-order valence-corrected chi connectivity index (χ0v) is 9.82. The minimum atomic E-state index is 0.521. The van der Waals surface area contributed by atoms with Crippen molar-refractivity contribution in [3.63, 3.8) is 0 Å². The van der Waals surface area contributed by atoms with Crippen LogP contribution in [-0.4, -0.2) is 10.9 Å². The maximum Gasteiger partial charge on any atom is 0.109 e. The number of nitrogens with zero attached hydrogens (tertiary/aromatic N) is 1. The zero-order valence-electron chi connectivity index (χ0n) is 9.82. The number of oxime groups is 1. The molecule has 0 saturated carbocycles. The summed E-state index contributed by atoms with van der Waals surface area (Å²) in [5.74, 6) is 0. The van der Waals surface area contributed by atoms with Crippen molar-refractivity contribution in [3.8, 4) is 0 Å². The van der Waals surface area contributed by atoms with E-state index in [1.165, 1.54) is 0 Å². The molecule has 0 amide bonds. The number of nitrogens with two attached hydrogens (primary N) is 1. The van der Waals surface area contributed by atoms with Crippen molar-refractivity contribution < 1.29 is 5.21 Å². The smallest absolute Gasteiger partial charge is 0.109 e. The number of hydrogen-bond acceptors (Lipinski definition) is 3. The van der Waals surface area contributed by atoms with E-state index in [1.54, 1.807) is 6.08 Å². The number of benzene rings is 2. The summed E-state index contributed by atoms with van der Waals surface area (Å²) in [6.45, 7) is 0. The summed E-state index contributed by atoms with van der Waals surface area (Å²) in [6, 6.07) is 17.0. The van der Waals surface area contributed by atoms with E-state index in [4.69, 9.17) is 10.9 Å². The van der Waals surface area contributed by atoms with Crippen LogP contribution >= 0.6 is 0 Å². The van der Waals surface area contributed by atoms with Gasteiger partial charge in [-0.2, -0.15) is 0 Å². The van der Waals surface area contributed by atoms with Crippen LogP contribution in [0.15, 0.2) is 65.8 Å². The fourth-order valence-corrected chi connectivity index (χ4v) is 1.58.